The molecule has 0 spiro atoms. The van der Waals surface area contributed by atoms with E-state index in [1.807, 2.05) is 65.2 Å². The highest BCUT2D eigenvalue weighted by atomic mass is 16.5. The number of nitrogens with zero attached hydrogens (tertiary/aromatic N) is 5. The van der Waals surface area contributed by atoms with Gasteiger partial charge in [-0.3, -0.25) is 14.4 Å². The SMILES string of the molecule is COC(=O)CCCCCOc1ccc2nc(-c3ccccc3)n(CC(=O)N(C)C)c2c1.COCCCn1c(-c2ccc(C)cc2)nc2ccc(OCCCCCC(=O)OC)cc21. The number of fused-ring (bicyclic) bond motifs is 2. The highest BCUT2D eigenvalue weighted by Gasteiger charge is 2.18. The summed E-state index contributed by atoms with van der Waals surface area (Å²) in [5.41, 5.74) is 6.99. The van der Waals surface area contributed by atoms with Gasteiger partial charge in [0.15, 0.2) is 0 Å². The molecule has 0 atom stereocenters. The molecule has 2 heterocycles. The first-order valence-corrected chi connectivity index (χ1v) is 21.3. The van der Waals surface area contributed by atoms with Crippen LogP contribution in [0.2, 0.25) is 0 Å². The van der Waals surface area contributed by atoms with E-state index in [4.69, 9.17) is 24.2 Å². The van der Waals surface area contributed by atoms with Crippen molar-refractivity contribution in [1.29, 1.82) is 0 Å². The van der Waals surface area contributed by atoms with E-state index >= 15 is 0 Å². The van der Waals surface area contributed by atoms with Crippen molar-refractivity contribution in [3.63, 3.8) is 0 Å². The fourth-order valence-electron chi connectivity index (χ4n) is 6.83. The predicted molar refractivity (Wildman–Crippen MR) is 242 cm³/mol. The third-order valence-corrected chi connectivity index (χ3v) is 10.3. The van der Waals surface area contributed by atoms with Gasteiger partial charge in [0, 0.05) is 70.5 Å². The number of likely N-dealkylation sites (N-methyl/N-ethyl adjacent to an activating group) is 1. The van der Waals surface area contributed by atoms with Gasteiger partial charge in [0.2, 0.25) is 5.91 Å². The average Bonchev–Trinajstić information content (AvgIpc) is 3.83. The maximum atomic E-state index is 12.5. The Balaban J connectivity index is 0.000000234. The van der Waals surface area contributed by atoms with Gasteiger partial charge in [0.1, 0.15) is 29.7 Å². The topological polar surface area (TPSA) is 136 Å². The molecule has 62 heavy (non-hydrogen) atoms. The fourth-order valence-corrected chi connectivity index (χ4v) is 6.83. The van der Waals surface area contributed by atoms with Crippen LogP contribution in [0.3, 0.4) is 0 Å². The van der Waals surface area contributed by atoms with Crippen molar-refractivity contribution in [2.75, 3.05) is 55.2 Å². The maximum Gasteiger partial charge on any atom is 0.305 e. The van der Waals surface area contributed by atoms with Crippen LogP contribution in [0.15, 0.2) is 91.0 Å². The highest BCUT2D eigenvalue weighted by Crippen LogP contribution is 2.30. The van der Waals surface area contributed by atoms with Gasteiger partial charge in [-0.2, -0.15) is 0 Å². The molecule has 6 rings (SSSR count). The van der Waals surface area contributed by atoms with Gasteiger partial charge in [-0.15, -0.1) is 0 Å². The molecule has 0 aliphatic carbocycles. The number of methoxy groups -OCH3 is 3. The lowest BCUT2D eigenvalue weighted by Crippen LogP contribution is -2.26. The molecule has 6 aromatic rings. The first-order chi connectivity index (χ1) is 30.1. The minimum Gasteiger partial charge on any atom is -0.494 e. The molecule has 0 fully saturated rings. The monoisotopic (exact) mass is 847 g/mol. The molecule has 13 heteroatoms. The van der Waals surface area contributed by atoms with Gasteiger partial charge in [0.05, 0.1) is 49.5 Å². The van der Waals surface area contributed by atoms with Crippen LogP contribution in [0.5, 0.6) is 11.5 Å². The molecule has 1 amide bonds. The quantitative estimate of drug-likeness (QED) is 0.0481. The Kier molecular flexibility index (Phi) is 18.4. The number of carbonyl (C=O) groups excluding carboxylic acids is 3. The first kappa shape index (κ1) is 46.8. The van der Waals surface area contributed by atoms with Crippen molar-refractivity contribution in [3.8, 4) is 34.3 Å². The van der Waals surface area contributed by atoms with Crippen LogP contribution in [0.25, 0.3) is 44.8 Å². The van der Waals surface area contributed by atoms with Crippen molar-refractivity contribution in [2.45, 2.75) is 77.8 Å². The zero-order valence-corrected chi connectivity index (χ0v) is 37.1. The first-order valence-electron chi connectivity index (χ1n) is 21.3. The Bertz CT molecular complexity index is 2340. The second-order valence-corrected chi connectivity index (χ2v) is 15.2. The lowest BCUT2D eigenvalue weighted by atomic mass is 10.1. The molecule has 0 saturated carbocycles. The van der Waals surface area contributed by atoms with Crippen molar-refractivity contribution >= 4 is 39.9 Å². The standard InChI is InChI=1S/C25H32N2O4.C24H29N3O4/c1-19-9-11-20(12-10-19)25-26-22-14-13-21(18-23(22)27(25)15-7-16-29-2)31-17-6-4-5-8-24(28)30-3;1-26(2)22(28)17-27-21-16-19(31-15-9-5-8-12-23(29)30-3)13-14-20(21)25-24(27)18-10-6-4-7-11-18/h9-14,18H,4-8,15-17H2,1-3H3;4,6-7,10-11,13-14,16H,5,8-9,12,15,17H2,1-3H3. The Labute approximate surface area is 364 Å². The molecule has 0 aliphatic heterocycles. The number of aryl methyl sites for hydroxylation is 2. The summed E-state index contributed by atoms with van der Waals surface area (Å²) in [5, 5.41) is 0. The number of hydrogen-bond donors (Lipinski definition) is 0. The smallest absolute Gasteiger partial charge is 0.305 e. The summed E-state index contributed by atoms with van der Waals surface area (Å²) in [6.45, 7) is 4.99. The van der Waals surface area contributed by atoms with Crippen LogP contribution in [0.4, 0.5) is 0 Å². The molecule has 0 bridgehead atoms. The zero-order valence-electron chi connectivity index (χ0n) is 37.1. The third kappa shape index (κ3) is 13.7. The summed E-state index contributed by atoms with van der Waals surface area (Å²) in [6.07, 6.45) is 6.99. The fraction of sp³-hybridized carbons (Fsp3) is 0.408. The van der Waals surface area contributed by atoms with Gasteiger partial charge < -0.3 is 37.7 Å². The second kappa shape index (κ2) is 24.3. The Morgan fingerprint density at radius 1 is 0.581 bits per heavy atom. The highest BCUT2D eigenvalue weighted by molar-refractivity contribution is 5.85. The summed E-state index contributed by atoms with van der Waals surface area (Å²) in [5.74, 6) is 2.95. The Morgan fingerprint density at radius 2 is 1.10 bits per heavy atom. The molecule has 0 N–H and O–H groups in total. The minimum absolute atomic E-state index is 0.00610. The van der Waals surface area contributed by atoms with Crippen molar-refractivity contribution in [3.05, 3.63) is 96.6 Å². The molecule has 13 nitrogen and oxygen atoms in total. The number of rotatable bonds is 22. The van der Waals surface area contributed by atoms with Crippen LogP contribution >= 0.6 is 0 Å². The lowest BCUT2D eigenvalue weighted by Gasteiger charge is -2.14. The molecular formula is C49H61N5O8. The minimum atomic E-state index is -0.180. The number of aromatic nitrogens is 4. The number of esters is 2. The zero-order chi connectivity index (χ0) is 44.3. The molecule has 0 saturated heterocycles. The van der Waals surface area contributed by atoms with Crippen LogP contribution in [-0.4, -0.2) is 97.1 Å². The number of carbonyl (C=O) groups is 3. The van der Waals surface area contributed by atoms with E-state index in [-0.39, 0.29) is 24.4 Å². The summed E-state index contributed by atoms with van der Waals surface area (Å²) in [7, 11) is 8.05. The molecular weight excluding hydrogens is 787 g/mol. The Morgan fingerprint density at radius 3 is 1.61 bits per heavy atom. The van der Waals surface area contributed by atoms with Crippen molar-refractivity contribution in [1.82, 2.24) is 24.0 Å². The van der Waals surface area contributed by atoms with Gasteiger partial charge in [-0.1, -0.05) is 60.2 Å². The number of ether oxygens (including phenoxy) is 5. The normalized spacial score (nSPS) is 10.9. The number of unbranched alkanes of at least 4 members (excludes halogenated alkanes) is 4. The van der Waals surface area contributed by atoms with Crippen LogP contribution in [0.1, 0.15) is 63.4 Å². The van der Waals surface area contributed by atoms with Gasteiger partial charge in [0.25, 0.3) is 0 Å². The summed E-state index contributed by atoms with van der Waals surface area (Å²) < 4.78 is 30.7. The summed E-state index contributed by atoms with van der Waals surface area (Å²) in [4.78, 5) is 46.1. The third-order valence-electron chi connectivity index (χ3n) is 10.3. The van der Waals surface area contributed by atoms with E-state index < -0.39 is 0 Å². The largest absolute Gasteiger partial charge is 0.494 e. The molecule has 330 valence electrons. The van der Waals surface area contributed by atoms with E-state index in [0.717, 1.165) is 108 Å². The van der Waals surface area contributed by atoms with E-state index in [1.54, 1.807) is 26.1 Å². The van der Waals surface area contributed by atoms with Gasteiger partial charge in [-0.25, -0.2) is 9.97 Å². The second-order valence-electron chi connectivity index (χ2n) is 15.2. The van der Waals surface area contributed by atoms with Crippen LogP contribution in [-0.2, 0) is 41.7 Å². The number of hydrogen-bond acceptors (Lipinski definition) is 10. The van der Waals surface area contributed by atoms with E-state index in [0.29, 0.717) is 32.7 Å². The van der Waals surface area contributed by atoms with E-state index in [1.165, 1.54) is 19.8 Å². The Hall–Kier alpha value is -6.21. The maximum absolute atomic E-state index is 12.5. The average molecular weight is 848 g/mol. The molecule has 4 aromatic carbocycles. The summed E-state index contributed by atoms with van der Waals surface area (Å²) >= 11 is 0. The number of benzene rings is 4. The molecule has 2 aromatic heterocycles. The predicted octanol–water partition coefficient (Wildman–Crippen LogP) is 9.06. The summed E-state index contributed by atoms with van der Waals surface area (Å²) in [6, 6.07) is 30.1. The molecule has 0 radical (unpaired) electrons. The van der Waals surface area contributed by atoms with Gasteiger partial charge >= 0.3 is 11.9 Å². The van der Waals surface area contributed by atoms with E-state index in [9.17, 15) is 14.4 Å². The molecule has 0 aliphatic rings. The van der Waals surface area contributed by atoms with E-state index in [2.05, 4.69) is 51.3 Å². The number of imidazole rings is 2. The lowest BCUT2D eigenvalue weighted by molar-refractivity contribution is -0.141. The van der Waals surface area contributed by atoms with Crippen LogP contribution in [0, 0.1) is 6.92 Å². The van der Waals surface area contributed by atoms with Gasteiger partial charge in [-0.05, 0) is 76.1 Å². The molecule has 0 unspecified atom stereocenters. The van der Waals surface area contributed by atoms with Crippen molar-refractivity contribution in [2.24, 2.45) is 0 Å². The number of amides is 1. The van der Waals surface area contributed by atoms with Crippen molar-refractivity contribution < 1.29 is 38.1 Å². The van der Waals surface area contributed by atoms with Crippen LogP contribution < -0.4 is 9.47 Å².